The largest absolute Gasteiger partial charge is 0.394 e. The van der Waals surface area contributed by atoms with Crippen molar-refractivity contribution in [3.63, 3.8) is 0 Å². The SMILES string of the molecule is OCC1(NCc2cccc(CC3CCC3)c2)CCCC1. The van der Waals surface area contributed by atoms with Crippen molar-refractivity contribution < 1.29 is 5.11 Å². The lowest BCUT2D eigenvalue weighted by Gasteiger charge is -2.28. The quantitative estimate of drug-likeness (QED) is 0.832. The van der Waals surface area contributed by atoms with Crippen LogP contribution < -0.4 is 5.32 Å². The molecule has 110 valence electrons. The molecular formula is C18H27NO. The van der Waals surface area contributed by atoms with E-state index in [2.05, 4.69) is 29.6 Å². The fourth-order valence-corrected chi connectivity index (χ4v) is 3.63. The second-order valence-electron chi connectivity index (χ2n) is 6.82. The van der Waals surface area contributed by atoms with Crippen LogP contribution in [0.2, 0.25) is 0 Å². The van der Waals surface area contributed by atoms with Crippen LogP contribution in [-0.4, -0.2) is 17.3 Å². The molecule has 0 aliphatic heterocycles. The first-order valence-electron chi connectivity index (χ1n) is 8.23. The third-order valence-electron chi connectivity index (χ3n) is 5.27. The fourth-order valence-electron chi connectivity index (χ4n) is 3.63. The average molecular weight is 273 g/mol. The Balaban J connectivity index is 1.57. The smallest absolute Gasteiger partial charge is 0.0613 e. The van der Waals surface area contributed by atoms with E-state index in [4.69, 9.17) is 0 Å². The first kappa shape index (κ1) is 14.1. The Morgan fingerprint density at radius 2 is 1.85 bits per heavy atom. The van der Waals surface area contributed by atoms with Crippen molar-refractivity contribution in [2.45, 2.75) is 63.5 Å². The van der Waals surface area contributed by atoms with Crippen molar-refractivity contribution in [3.05, 3.63) is 35.4 Å². The lowest BCUT2D eigenvalue weighted by atomic mass is 9.81. The van der Waals surface area contributed by atoms with Gasteiger partial charge >= 0.3 is 0 Å². The highest BCUT2D eigenvalue weighted by atomic mass is 16.3. The van der Waals surface area contributed by atoms with Crippen LogP contribution in [-0.2, 0) is 13.0 Å². The van der Waals surface area contributed by atoms with Gasteiger partial charge in [-0.15, -0.1) is 0 Å². The zero-order valence-electron chi connectivity index (χ0n) is 12.4. The maximum absolute atomic E-state index is 9.65. The van der Waals surface area contributed by atoms with Crippen LogP contribution in [0, 0.1) is 5.92 Å². The van der Waals surface area contributed by atoms with Gasteiger partial charge in [0.15, 0.2) is 0 Å². The second kappa shape index (κ2) is 6.28. The Morgan fingerprint density at radius 3 is 2.50 bits per heavy atom. The second-order valence-corrected chi connectivity index (χ2v) is 6.82. The van der Waals surface area contributed by atoms with Gasteiger partial charge in [0, 0.05) is 12.1 Å². The van der Waals surface area contributed by atoms with Crippen LogP contribution in [0.4, 0.5) is 0 Å². The summed E-state index contributed by atoms with van der Waals surface area (Å²) in [5.41, 5.74) is 2.84. The molecule has 0 heterocycles. The molecule has 0 amide bonds. The molecule has 2 fully saturated rings. The maximum Gasteiger partial charge on any atom is 0.0613 e. The van der Waals surface area contributed by atoms with E-state index in [0.717, 1.165) is 25.3 Å². The standard InChI is InChI=1S/C18H27NO/c20-14-18(9-1-2-10-18)19-13-17-8-4-7-16(12-17)11-15-5-3-6-15/h4,7-8,12,15,19-20H,1-3,5-6,9-11,13-14H2. The minimum atomic E-state index is -0.00994. The third kappa shape index (κ3) is 3.24. The summed E-state index contributed by atoms with van der Waals surface area (Å²) in [6, 6.07) is 9.01. The maximum atomic E-state index is 9.65. The topological polar surface area (TPSA) is 32.3 Å². The lowest BCUT2D eigenvalue weighted by Crippen LogP contribution is -2.45. The summed E-state index contributed by atoms with van der Waals surface area (Å²) in [5.74, 6) is 0.928. The first-order valence-corrected chi connectivity index (χ1v) is 8.23. The van der Waals surface area contributed by atoms with E-state index in [0.29, 0.717) is 0 Å². The number of aliphatic hydroxyl groups excluding tert-OH is 1. The summed E-state index contributed by atoms with van der Waals surface area (Å²) in [6.07, 6.45) is 10.2. The molecule has 2 nitrogen and oxygen atoms in total. The molecule has 0 radical (unpaired) electrons. The van der Waals surface area contributed by atoms with Gasteiger partial charge in [-0.05, 0) is 36.3 Å². The molecule has 0 atom stereocenters. The van der Waals surface area contributed by atoms with Gasteiger partial charge in [-0.2, -0.15) is 0 Å². The molecule has 0 unspecified atom stereocenters. The monoisotopic (exact) mass is 273 g/mol. The molecule has 0 aromatic heterocycles. The van der Waals surface area contributed by atoms with Gasteiger partial charge in [-0.25, -0.2) is 0 Å². The van der Waals surface area contributed by atoms with Crippen molar-refractivity contribution >= 4 is 0 Å². The Morgan fingerprint density at radius 1 is 1.10 bits per heavy atom. The highest BCUT2D eigenvalue weighted by molar-refractivity contribution is 5.24. The highest BCUT2D eigenvalue weighted by Crippen LogP contribution is 2.31. The third-order valence-corrected chi connectivity index (χ3v) is 5.27. The molecule has 0 spiro atoms. The molecule has 2 aliphatic carbocycles. The average Bonchev–Trinajstić information content (AvgIpc) is 2.91. The summed E-state index contributed by atoms with van der Waals surface area (Å²) in [6.45, 7) is 1.16. The van der Waals surface area contributed by atoms with E-state index in [9.17, 15) is 5.11 Å². The van der Waals surface area contributed by atoms with Gasteiger partial charge in [-0.1, -0.05) is 56.4 Å². The molecule has 3 rings (SSSR count). The van der Waals surface area contributed by atoms with Gasteiger partial charge < -0.3 is 10.4 Å². The van der Waals surface area contributed by atoms with Crippen LogP contribution in [0.15, 0.2) is 24.3 Å². The summed E-state index contributed by atoms with van der Waals surface area (Å²) in [5, 5.41) is 13.3. The van der Waals surface area contributed by atoms with Gasteiger partial charge in [0.2, 0.25) is 0 Å². The summed E-state index contributed by atoms with van der Waals surface area (Å²) in [7, 11) is 0. The van der Waals surface area contributed by atoms with Crippen LogP contribution in [0.3, 0.4) is 0 Å². The number of hydrogen-bond donors (Lipinski definition) is 2. The number of aliphatic hydroxyl groups is 1. The molecule has 0 saturated heterocycles. The number of nitrogens with one attached hydrogen (secondary N) is 1. The Bertz CT molecular complexity index is 433. The predicted molar refractivity (Wildman–Crippen MR) is 82.6 cm³/mol. The first-order chi connectivity index (χ1) is 9.80. The van der Waals surface area contributed by atoms with E-state index < -0.39 is 0 Å². The van der Waals surface area contributed by atoms with E-state index in [-0.39, 0.29) is 12.1 Å². The molecular weight excluding hydrogens is 246 g/mol. The summed E-state index contributed by atoms with van der Waals surface area (Å²) >= 11 is 0. The lowest BCUT2D eigenvalue weighted by molar-refractivity contribution is 0.163. The highest BCUT2D eigenvalue weighted by Gasteiger charge is 2.32. The van der Waals surface area contributed by atoms with Crippen LogP contribution in [0.5, 0.6) is 0 Å². The van der Waals surface area contributed by atoms with Crippen molar-refractivity contribution in [2.75, 3.05) is 6.61 Å². The van der Waals surface area contributed by atoms with E-state index >= 15 is 0 Å². The molecule has 2 N–H and O–H groups in total. The van der Waals surface area contributed by atoms with Crippen LogP contribution in [0.1, 0.15) is 56.1 Å². The molecule has 2 heteroatoms. The van der Waals surface area contributed by atoms with Gasteiger partial charge in [0.25, 0.3) is 0 Å². The van der Waals surface area contributed by atoms with Crippen molar-refractivity contribution in [1.29, 1.82) is 0 Å². The molecule has 20 heavy (non-hydrogen) atoms. The Kier molecular flexibility index (Phi) is 4.42. The van der Waals surface area contributed by atoms with Gasteiger partial charge in [0.1, 0.15) is 0 Å². The summed E-state index contributed by atoms with van der Waals surface area (Å²) in [4.78, 5) is 0. The Labute approximate surface area is 122 Å². The van der Waals surface area contributed by atoms with Crippen molar-refractivity contribution in [3.8, 4) is 0 Å². The molecule has 2 aliphatic rings. The zero-order chi connectivity index (χ0) is 13.8. The molecule has 2 saturated carbocycles. The minimum absolute atomic E-state index is 0.00994. The molecule has 0 bridgehead atoms. The van der Waals surface area contributed by atoms with Crippen LogP contribution in [0.25, 0.3) is 0 Å². The van der Waals surface area contributed by atoms with Crippen molar-refractivity contribution in [2.24, 2.45) is 5.92 Å². The summed E-state index contributed by atoms with van der Waals surface area (Å²) < 4.78 is 0. The fraction of sp³-hybridized carbons (Fsp3) is 0.667. The van der Waals surface area contributed by atoms with Gasteiger partial charge in [0.05, 0.1) is 6.61 Å². The normalized spacial score (nSPS) is 21.9. The minimum Gasteiger partial charge on any atom is -0.394 e. The van der Waals surface area contributed by atoms with Gasteiger partial charge in [-0.3, -0.25) is 0 Å². The predicted octanol–water partition coefficient (Wildman–Crippen LogP) is 3.42. The van der Waals surface area contributed by atoms with E-state index in [1.807, 2.05) is 0 Å². The van der Waals surface area contributed by atoms with E-state index in [1.165, 1.54) is 49.7 Å². The molecule has 1 aromatic carbocycles. The number of rotatable bonds is 6. The Hall–Kier alpha value is -0.860. The van der Waals surface area contributed by atoms with E-state index in [1.54, 1.807) is 0 Å². The zero-order valence-corrected chi connectivity index (χ0v) is 12.4. The number of benzene rings is 1. The van der Waals surface area contributed by atoms with Crippen molar-refractivity contribution in [1.82, 2.24) is 5.32 Å². The molecule has 1 aromatic rings. The van der Waals surface area contributed by atoms with Crippen LogP contribution >= 0.6 is 0 Å². The number of hydrogen-bond acceptors (Lipinski definition) is 2.